The Morgan fingerprint density at radius 1 is 1.06 bits per heavy atom. The van der Waals surface area contributed by atoms with Crippen LogP contribution in [0.4, 0.5) is 14.9 Å². The molecule has 0 saturated carbocycles. The lowest BCUT2D eigenvalue weighted by Crippen LogP contribution is -2.36. The molecule has 0 aliphatic carbocycles. The maximum atomic E-state index is 13.3. The molecule has 1 aromatic heterocycles. The third kappa shape index (κ3) is 4.85. The molecule has 0 spiro atoms. The van der Waals surface area contributed by atoms with E-state index in [0.717, 1.165) is 11.0 Å². The Kier molecular flexibility index (Phi) is 6.09. The summed E-state index contributed by atoms with van der Waals surface area (Å²) in [5.74, 6) is -2.81. The number of rotatable bonds is 6. The van der Waals surface area contributed by atoms with E-state index >= 15 is 0 Å². The van der Waals surface area contributed by atoms with E-state index in [4.69, 9.17) is 5.11 Å². The van der Waals surface area contributed by atoms with Crippen molar-refractivity contribution in [1.29, 1.82) is 0 Å². The fourth-order valence-electron chi connectivity index (χ4n) is 3.19. The van der Waals surface area contributed by atoms with Crippen LogP contribution in [0.15, 0.2) is 71.8 Å². The molecule has 1 aliphatic rings. The highest BCUT2D eigenvalue weighted by atomic mass is 32.2. The molecule has 33 heavy (non-hydrogen) atoms. The number of aromatic nitrogens is 1. The van der Waals surface area contributed by atoms with Crippen molar-refractivity contribution in [2.75, 3.05) is 11.9 Å². The Balaban J connectivity index is 1.50. The molecule has 4 rings (SSSR count). The van der Waals surface area contributed by atoms with Gasteiger partial charge in [-0.1, -0.05) is 6.07 Å². The number of carboxylic acids is 1. The van der Waals surface area contributed by atoms with Gasteiger partial charge in [0, 0.05) is 23.3 Å². The molecule has 0 bridgehead atoms. The van der Waals surface area contributed by atoms with Gasteiger partial charge >= 0.3 is 5.97 Å². The number of carboxylic acid groups (broad SMARTS) is 1. The van der Waals surface area contributed by atoms with Crippen LogP contribution in [-0.2, 0) is 9.59 Å². The van der Waals surface area contributed by atoms with E-state index < -0.39 is 35.4 Å². The van der Waals surface area contributed by atoms with E-state index in [1.54, 1.807) is 35.0 Å². The Labute approximate surface area is 191 Å². The molecule has 3 aromatic rings. The van der Waals surface area contributed by atoms with Gasteiger partial charge in [0.05, 0.1) is 10.5 Å². The second-order valence-corrected chi connectivity index (χ2v) is 7.97. The highest BCUT2D eigenvalue weighted by Gasteiger charge is 2.36. The molecule has 0 atom stereocenters. The monoisotopic (exact) mass is 465 g/mol. The van der Waals surface area contributed by atoms with E-state index in [0.29, 0.717) is 23.1 Å². The third-order valence-corrected chi connectivity index (χ3v) is 5.64. The smallest absolute Gasteiger partial charge is 0.335 e. The second kappa shape index (κ2) is 9.13. The first-order valence-electron chi connectivity index (χ1n) is 9.64. The first kappa shape index (κ1) is 22.0. The molecule has 2 aromatic carbocycles. The first-order chi connectivity index (χ1) is 15.8. The van der Waals surface area contributed by atoms with Crippen molar-refractivity contribution in [1.82, 2.24) is 9.47 Å². The number of carbonyl (C=O) groups excluding carboxylic acids is 3. The van der Waals surface area contributed by atoms with E-state index in [9.17, 15) is 23.6 Å². The molecule has 8 nitrogen and oxygen atoms in total. The number of benzene rings is 2. The largest absolute Gasteiger partial charge is 0.478 e. The number of thioether (sulfide) groups is 1. The van der Waals surface area contributed by atoms with Gasteiger partial charge in [-0.05, 0) is 72.4 Å². The molecule has 1 fully saturated rings. The topological polar surface area (TPSA) is 109 Å². The van der Waals surface area contributed by atoms with Gasteiger partial charge in [-0.2, -0.15) is 0 Å². The van der Waals surface area contributed by atoms with Gasteiger partial charge in [0.25, 0.3) is 11.1 Å². The van der Waals surface area contributed by atoms with Crippen LogP contribution in [0.5, 0.6) is 0 Å². The minimum Gasteiger partial charge on any atom is -0.478 e. The van der Waals surface area contributed by atoms with Crippen LogP contribution in [-0.4, -0.2) is 44.1 Å². The van der Waals surface area contributed by atoms with E-state index in [-0.39, 0.29) is 16.2 Å². The van der Waals surface area contributed by atoms with Gasteiger partial charge in [-0.25, -0.2) is 9.18 Å². The molecule has 166 valence electrons. The van der Waals surface area contributed by atoms with Crippen molar-refractivity contribution < 1.29 is 28.7 Å². The maximum Gasteiger partial charge on any atom is 0.335 e. The zero-order chi connectivity index (χ0) is 23.5. The van der Waals surface area contributed by atoms with Crippen molar-refractivity contribution in [3.8, 4) is 5.69 Å². The zero-order valence-electron chi connectivity index (χ0n) is 16.9. The zero-order valence-corrected chi connectivity index (χ0v) is 17.7. The van der Waals surface area contributed by atoms with E-state index in [1.807, 2.05) is 0 Å². The van der Waals surface area contributed by atoms with E-state index in [1.165, 1.54) is 36.4 Å². The standard InChI is InChI=1S/C23H16FN3O5S/c24-15-3-1-4-16(11-15)25-20(28)13-27-21(29)19(33-23(27)32)12-18-5-2-10-26(18)17-8-6-14(7-9-17)22(30)31/h1-12H,13H2,(H,25,28)(H,30,31)/b19-12+. The van der Waals surface area contributed by atoms with Gasteiger partial charge < -0.3 is 15.0 Å². The van der Waals surface area contributed by atoms with Crippen LogP contribution in [0.3, 0.4) is 0 Å². The molecule has 1 saturated heterocycles. The molecule has 0 radical (unpaired) electrons. The number of anilines is 1. The number of aromatic carboxylic acids is 1. The number of hydrogen-bond donors (Lipinski definition) is 2. The molecular formula is C23H16FN3O5S. The third-order valence-electron chi connectivity index (χ3n) is 4.74. The quantitative estimate of drug-likeness (QED) is 0.533. The average molecular weight is 465 g/mol. The minimum absolute atomic E-state index is 0.140. The lowest BCUT2D eigenvalue weighted by Gasteiger charge is -2.12. The van der Waals surface area contributed by atoms with Crippen molar-refractivity contribution >= 4 is 46.5 Å². The Bertz CT molecular complexity index is 1300. The van der Waals surface area contributed by atoms with Crippen LogP contribution in [0.1, 0.15) is 16.1 Å². The first-order valence-corrected chi connectivity index (χ1v) is 10.5. The molecular weight excluding hydrogens is 449 g/mol. The van der Waals surface area contributed by atoms with E-state index in [2.05, 4.69) is 5.32 Å². The van der Waals surface area contributed by atoms with Gasteiger partial charge in [0.1, 0.15) is 12.4 Å². The number of amides is 3. The summed E-state index contributed by atoms with van der Waals surface area (Å²) in [6.07, 6.45) is 3.26. The predicted molar refractivity (Wildman–Crippen MR) is 120 cm³/mol. The summed E-state index contributed by atoms with van der Waals surface area (Å²) in [5.41, 5.74) is 1.62. The number of hydrogen-bond acceptors (Lipinski definition) is 5. The average Bonchev–Trinajstić information content (AvgIpc) is 3.34. The van der Waals surface area contributed by atoms with Gasteiger partial charge in [0.15, 0.2) is 0 Å². The Morgan fingerprint density at radius 2 is 1.82 bits per heavy atom. The summed E-state index contributed by atoms with van der Waals surface area (Å²) < 4.78 is 15.0. The second-order valence-electron chi connectivity index (χ2n) is 6.98. The number of nitrogens with one attached hydrogen (secondary N) is 1. The lowest BCUT2D eigenvalue weighted by atomic mass is 10.2. The Morgan fingerprint density at radius 3 is 2.52 bits per heavy atom. The lowest BCUT2D eigenvalue weighted by molar-refractivity contribution is -0.127. The fourth-order valence-corrected chi connectivity index (χ4v) is 4.02. The van der Waals surface area contributed by atoms with Crippen molar-refractivity contribution in [2.45, 2.75) is 0 Å². The van der Waals surface area contributed by atoms with Crippen LogP contribution < -0.4 is 5.32 Å². The summed E-state index contributed by atoms with van der Waals surface area (Å²) in [6.45, 7) is -0.504. The molecule has 1 aliphatic heterocycles. The van der Waals surface area contributed by atoms with Crippen molar-refractivity contribution in [3.63, 3.8) is 0 Å². The molecule has 3 amide bonds. The molecule has 2 N–H and O–H groups in total. The van der Waals surface area contributed by atoms with Crippen molar-refractivity contribution in [2.24, 2.45) is 0 Å². The molecule has 0 unspecified atom stereocenters. The summed E-state index contributed by atoms with van der Waals surface area (Å²) in [5, 5.41) is 10.9. The normalized spacial score (nSPS) is 14.7. The van der Waals surface area contributed by atoms with Gasteiger partial charge in [-0.3, -0.25) is 19.3 Å². The summed E-state index contributed by atoms with van der Waals surface area (Å²) in [4.78, 5) is 49.4. The molecule has 2 heterocycles. The van der Waals surface area contributed by atoms with Crippen LogP contribution in [0.2, 0.25) is 0 Å². The number of carbonyl (C=O) groups is 4. The number of imide groups is 1. The van der Waals surface area contributed by atoms with Crippen LogP contribution in [0.25, 0.3) is 11.8 Å². The van der Waals surface area contributed by atoms with Gasteiger partial charge in [0.2, 0.25) is 5.91 Å². The van der Waals surface area contributed by atoms with Crippen LogP contribution >= 0.6 is 11.8 Å². The minimum atomic E-state index is -1.04. The summed E-state index contributed by atoms with van der Waals surface area (Å²) >= 11 is 0.709. The van der Waals surface area contributed by atoms with Crippen molar-refractivity contribution in [3.05, 3.63) is 88.8 Å². The fraction of sp³-hybridized carbons (Fsp3) is 0.0435. The molecule has 10 heteroatoms. The number of halogens is 1. The highest BCUT2D eigenvalue weighted by Crippen LogP contribution is 2.32. The SMILES string of the molecule is O=C(CN1C(=O)S/C(=C/c2cccn2-c2ccc(C(=O)O)cc2)C1=O)Nc1cccc(F)c1. The Hall–Kier alpha value is -4.18. The summed E-state index contributed by atoms with van der Waals surface area (Å²) in [7, 11) is 0. The van der Waals surface area contributed by atoms with Gasteiger partial charge in [-0.15, -0.1) is 0 Å². The highest BCUT2D eigenvalue weighted by molar-refractivity contribution is 8.18. The number of nitrogens with zero attached hydrogens (tertiary/aromatic N) is 2. The maximum absolute atomic E-state index is 13.3. The van der Waals surface area contributed by atoms with Crippen LogP contribution in [0, 0.1) is 5.82 Å². The predicted octanol–water partition coefficient (Wildman–Crippen LogP) is 3.99. The summed E-state index contributed by atoms with van der Waals surface area (Å²) in [6, 6.07) is 14.9.